The summed E-state index contributed by atoms with van der Waals surface area (Å²) in [5.41, 5.74) is 2.29. The molecular weight excluding hydrogens is 391 g/mol. The smallest absolute Gasteiger partial charge is 0.337 e. The van der Waals surface area contributed by atoms with Gasteiger partial charge < -0.3 is 16.3 Å². The normalized spacial score (nSPS) is 10.5. The fourth-order valence-corrected chi connectivity index (χ4v) is 2.19. The molecule has 0 aliphatic heterocycles. The zero-order valence-corrected chi connectivity index (χ0v) is 17.1. The fourth-order valence-electron chi connectivity index (χ4n) is 2.19. The van der Waals surface area contributed by atoms with Crippen molar-refractivity contribution in [2.45, 2.75) is 20.3 Å². The average Bonchev–Trinajstić information content (AvgIpc) is 2.54. The number of benzene rings is 2. The molecule has 0 aliphatic carbocycles. The molecule has 2 aromatic rings. The third-order valence-electron chi connectivity index (χ3n) is 3.29. The van der Waals surface area contributed by atoms with Crippen LogP contribution in [0.1, 0.15) is 35.3 Å². The zero-order valence-electron chi connectivity index (χ0n) is 14.2. The minimum atomic E-state index is -1.08. The van der Waals surface area contributed by atoms with Gasteiger partial charge in [0.2, 0.25) is 5.91 Å². The van der Waals surface area contributed by atoms with Crippen LogP contribution >= 0.6 is 0 Å². The van der Waals surface area contributed by atoms with Gasteiger partial charge in [0, 0.05) is 32.7 Å². The van der Waals surface area contributed by atoms with Gasteiger partial charge in [-0.25, -0.2) is 4.79 Å². The van der Waals surface area contributed by atoms with Crippen molar-refractivity contribution in [3.8, 4) is 0 Å². The van der Waals surface area contributed by atoms with Crippen molar-refractivity contribution in [3.63, 3.8) is 0 Å². The van der Waals surface area contributed by atoms with Gasteiger partial charge in [0.1, 0.15) is 0 Å². The summed E-state index contributed by atoms with van der Waals surface area (Å²) in [5, 5.41) is 11.7. The second-order valence-corrected chi connectivity index (χ2v) is 5.70. The van der Waals surface area contributed by atoms with Crippen molar-refractivity contribution in [2.75, 3.05) is 5.32 Å². The number of nitrogens with one attached hydrogen (secondary N) is 1. The van der Waals surface area contributed by atoms with Crippen LogP contribution in [0.5, 0.6) is 0 Å². The van der Waals surface area contributed by atoms with Crippen molar-refractivity contribution in [3.05, 3.63) is 77.2 Å². The van der Waals surface area contributed by atoms with Crippen LogP contribution in [-0.4, -0.2) is 17.0 Å². The molecule has 25 heavy (non-hydrogen) atoms. The Hall–Kier alpha value is -1.78. The minimum Gasteiger partial charge on any atom is -0.478 e. The third-order valence-corrected chi connectivity index (χ3v) is 3.29. The van der Waals surface area contributed by atoms with E-state index in [4.69, 9.17) is 5.11 Å². The molecule has 0 spiro atoms. The average molecular weight is 410 g/mol. The van der Waals surface area contributed by atoms with Crippen LogP contribution in [0.4, 0.5) is 5.69 Å². The molecular formula is C20H19NO3Y-2. The first kappa shape index (κ1) is 21.3. The Labute approximate surface area is 173 Å². The summed E-state index contributed by atoms with van der Waals surface area (Å²) in [6.07, 6.45) is 3.93. The van der Waals surface area contributed by atoms with Crippen molar-refractivity contribution in [2.24, 2.45) is 0 Å². The van der Waals surface area contributed by atoms with Crippen LogP contribution in [0.2, 0.25) is 0 Å². The van der Waals surface area contributed by atoms with Crippen molar-refractivity contribution >= 4 is 23.6 Å². The Kier molecular flexibility index (Phi) is 8.73. The molecule has 2 N–H and O–H groups in total. The van der Waals surface area contributed by atoms with Gasteiger partial charge in [0.25, 0.3) is 0 Å². The standard InChI is InChI=1S/C20H19NO3.Y/c1-14(2)13-16-9-7-15(8-10-16)11-12-19(22)21-18-6-4-3-5-17(18)20(23)24;/h3-9,11-12H,13H2,1-2H3,(H,21,22)(H,23,24);/q-2;/b12-11+;. The molecule has 0 atom stereocenters. The van der Waals surface area contributed by atoms with Gasteiger partial charge in [-0.1, -0.05) is 12.1 Å². The molecule has 4 nitrogen and oxygen atoms in total. The first-order chi connectivity index (χ1) is 11.5. The number of carbonyl (C=O) groups is 2. The second-order valence-electron chi connectivity index (χ2n) is 5.70. The summed E-state index contributed by atoms with van der Waals surface area (Å²) in [5.74, 6) is -0.153. The van der Waals surface area contributed by atoms with E-state index < -0.39 is 5.97 Å². The molecule has 0 bridgehead atoms. The van der Waals surface area contributed by atoms with Crippen LogP contribution < -0.4 is 5.32 Å². The molecule has 0 aromatic heterocycles. The summed E-state index contributed by atoms with van der Waals surface area (Å²) in [6, 6.07) is 15.2. The Morgan fingerprint density at radius 1 is 1.20 bits per heavy atom. The van der Waals surface area contributed by atoms with Gasteiger partial charge in [-0.05, 0) is 18.2 Å². The molecule has 127 valence electrons. The molecule has 2 rings (SSSR count). The van der Waals surface area contributed by atoms with Gasteiger partial charge in [0.05, 0.1) is 11.3 Å². The molecule has 5 heteroatoms. The number of hydrogen-bond acceptors (Lipinski definition) is 2. The van der Waals surface area contributed by atoms with Crippen LogP contribution in [0, 0.1) is 12.0 Å². The number of anilines is 1. The van der Waals surface area contributed by atoms with E-state index in [1.165, 1.54) is 18.1 Å². The molecule has 1 amide bonds. The summed E-state index contributed by atoms with van der Waals surface area (Å²) in [6.45, 7) is 4.14. The number of hydrogen-bond donors (Lipinski definition) is 2. The maximum atomic E-state index is 12.0. The van der Waals surface area contributed by atoms with Crippen LogP contribution in [0.15, 0.2) is 48.5 Å². The molecule has 0 fully saturated rings. The second kappa shape index (κ2) is 10.3. The van der Waals surface area contributed by atoms with Crippen LogP contribution in [-0.2, 0) is 43.9 Å². The Morgan fingerprint density at radius 3 is 2.52 bits per heavy atom. The predicted octanol–water partition coefficient (Wildman–Crippen LogP) is 3.99. The number of aromatic carboxylic acids is 1. The Bertz CT molecular complexity index is 752. The van der Waals surface area contributed by atoms with E-state index >= 15 is 0 Å². The van der Waals surface area contributed by atoms with Crippen molar-refractivity contribution in [1.29, 1.82) is 0 Å². The summed E-state index contributed by atoms with van der Waals surface area (Å²) >= 11 is 0. The number of para-hydroxylation sites is 1. The molecule has 0 aliphatic rings. The van der Waals surface area contributed by atoms with E-state index in [0.29, 0.717) is 0 Å². The minimum absolute atomic E-state index is 0. The van der Waals surface area contributed by atoms with Crippen LogP contribution in [0.25, 0.3) is 6.08 Å². The maximum absolute atomic E-state index is 12.0. The predicted molar refractivity (Wildman–Crippen MR) is 94.6 cm³/mol. The van der Waals surface area contributed by atoms with E-state index in [2.05, 4.69) is 25.2 Å². The maximum Gasteiger partial charge on any atom is 0.337 e. The van der Waals surface area contributed by atoms with Gasteiger partial charge in [-0.3, -0.25) is 4.79 Å². The van der Waals surface area contributed by atoms with E-state index in [1.54, 1.807) is 24.3 Å². The molecule has 0 heterocycles. The van der Waals surface area contributed by atoms with Crippen molar-refractivity contribution < 1.29 is 47.4 Å². The monoisotopic (exact) mass is 410 g/mol. The number of carbonyl (C=O) groups excluding carboxylic acids is 1. The topological polar surface area (TPSA) is 66.4 Å². The van der Waals surface area contributed by atoms with E-state index in [-0.39, 0.29) is 49.9 Å². The Morgan fingerprint density at radius 2 is 1.92 bits per heavy atom. The van der Waals surface area contributed by atoms with E-state index in [0.717, 1.165) is 17.5 Å². The third kappa shape index (κ3) is 6.93. The van der Waals surface area contributed by atoms with Gasteiger partial charge in [0.15, 0.2) is 0 Å². The van der Waals surface area contributed by atoms with Gasteiger partial charge in [-0.2, -0.15) is 50.1 Å². The first-order valence-electron chi connectivity index (χ1n) is 7.57. The number of amides is 1. The molecule has 2 aromatic carbocycles. The fraction of sp³-hybridized carbons (Fsp3) is 0.150. The number of carboxylic acid groups (broad SMARTS) is 1. The zero-order chi connectivity index (χ0) is 17.5. The molecule has 1 radical (unpaired) electrons. The molecule has 0 unspecified atom stereocenters. The van der Waals surface area contributed by atoms with Crippen molar-refractivity contribution in [1.82, 2.24) is 0 Å². The van der Waals surface area contributed by atoms with E-state index in [9.17, 15) is 9.59 Å². The number of carboxylic acids is 1. The molecule has 0 saturated heterocycles. The summed E-state index contributed by atoms with van der Waals surface area (Å²) < 4.78 is 0. The Balaban J connectivity index is 0.00000312. The van der Waals surface area contributed by atoms with Gasteiger partial charge in [-0.15, -0.1) is 11.6 Å². The summed E-state index contributed by atoms with van der Waals surface area (Å²) in [7, 11) is 0. The SMILES string of the molecule is C[C-](C)Cc1[c-]cc(/C=C/C(=O)Nc2ccccc2C(=O)O)cc1.[Y]. The summed E-state index contributed by atoms with van der Waals surface area (Å²) in [4.78, 5) is 23.1. The largest absolute Gasteiger partial charge is 0.478 e. The first-order valence-corrected chi connectivity index (χ1v) is 7.57. The van der Waals surface area contributed by atoms with E-state index in [1.807, 2.05) is 18.2 Å². The van der Waals surface area contributed by atoms with Crippen LogP contribution in [0.3, 0.4) is 0 Å². The molecule has 0 saturated carbocycles. The quantitative estimate of drug-likeness (QED) is 0.559. The number of rotatable bonds is 6. The van der Waals surface area contributed by atoms with Gasteiger partial charge >= 0.3 is 5.97 Å².